The minimum atomic E-state index is 0.695. The average molecular weight is 277 g/mol. The van der Waals surface area contributed by atoms with Gasteiger partial charge >= 0.3 is 0 Å². The molecule has 0 aliphatic carbocycles. The van der Waals surface area contributed by atoms with Crippen LogP contribution in [-0.4, -0.2) is 10.9 Å². The Balaban J connectivity index is 1.85. The van der Waals surface area contributed by atoms with E-state index in [4.69, 9.17) is 11.6 Å². The molecule has 0 saturated carbocycles. The zero-order valence-corrected chi connectivity index (χ0v) is 10.8. The number of anilines is 1. The van der Waals surface area contributed by atoms with Crippen LogP contribution in [0.5, 0.6) is 0 Å². The molecule has 18 heavy (non-hydrogen) atoms. The Kier molecular flexibility index (Phi) is 3.08. The first-order valence-corrected chi connectivity index (χ1v) is 6.49. The third-order valence-electron chi connectivity index (χ3n) is 2.35. The molecule has 0 atom stereocenters. The molecule has 0 bridgehead atoms. The largest absolute Gasteiger partial charge is 0.325 e. The predicted molar refractivity (Wildman–Crippen MR) is 75.4 cm³/mol. The second-order valence-corrected chi connectivity index (χ2v) is 4.92. The van der Waals surface area contributed by atoms with Crippen LogP contribution in [0.4, 0.5) is 11.4 Å². The van der Waals surface area contributed by atoms with Gasteiger partial charge in [-0.15, -0.1) is 0 Å². The summed E-state index contributed by atoms with van der Waals surface area (Å²) >= 11 is 7.42. The van der Waals surface area contributed by atoms with Crippen molar-refractivity contribution in [3.8, 4) is 0 Å². The highest BCUT2D eigenvalue weighted by molar-refractivity contribution is 7.98. The summed E-state index contributed by atoms with van der Waals surface area (Å²) in [5.41, 5.74) is 1.84. The van der Waals surface area contributed by atoms with Gasteiger partial charge < -0.3 is 5.32 Å². The maximum atomic E-state index is 5.93. The maximum Gasteiger partial charge on any atom is 0.211 e. The van der Waals surface area contributed by atoms with Crippen molar-refractivity contribution < 1.29 is 0 Å². The van der Waals surface area contributed by atoms with Crippen molar-refractivity contribution in [2.45, 2.75) is 4.90 Å². The molecule has 3 rings (SSSR count). The third kappa shape index (κ3) is 2.42. The molecule has 2 N–H and O–H groups in total. The topological polar surface area (TPSA) is 49.3 Å². The third-order valence-corrected chi connectivity index (χ3v) is 3.43. The standard InChI is InChI=1S/C12H9ClN4S/c13-8-1-2-10-11(7-8)18-17-12(16-10)15-9-3-5-14-6-4-9/h1-7H,(H2,14,15,16,17). The molecule has 1 aromatic carbocycles. The van der Waals surface area contributed by atoms with Crippen LogP contribution < -0.4 is 10.0 Å². The minimum absolute atomic E-state index is 0.695. The van der Waals surface area contributed by atoms with E-state index in [0.29, 0.717) is 11.0 Å². The van der Waals surface area contributed by atoms with Crippen molar-refractivity contribution in [2.24, 2.45) is 4.99 Å². The number of halogens is 1. The summed E-state index contributed by atoms with van der Waals surface area (Å²) in [5, 5.41) is 3.89. The zero-order valence-electron chi connectivity index (χ0n) is 9.22. The number of aromatic nitrogens is 1. The fourth-order valence-electron chi connectivity index (χ4n) is 1.53. The normalized spacial score (nSPS) is 13.3. The van der Waals surface area contributed by atoms with E-state index in [0.717, 1.165) is 16.3 Å². The first-order valence-electron chi connectivity index (χ1n) is 5.29. The summed E-state index contributed by atoms with van der Waals surface area (Å²) in [7, 11) is 0. The smallest absolute Gasteiger partial charge is 0.211 e. The van der Waals surface area contributed by atoms with Gasteiger partial charge in [-0.2, -0.15) is 0 Å². The van der Waals surface area contributed by atoms with Gasteiger partial charge in [0.15, 0.2) is 0 Å². The number of aliphatic imine (C=N–C) groups is 1. The Bertz CT molecular complexity index is 600. The average Bonchev–Trinajstić information content (AvgIpc) is 2.40. The Morgan fingerprint density at radius 3 is 2.83 bits per heavy atom. The highest BCUT2D eigenvalue weighted by atomic mass is 35.5. The first-order chi connectivity index (χ1) is 8.81. The minimum Gasteiger partial charge on any atom is -0.325 e. The molecule has 1 aliphatic rings. The number of hydrogen-bond donors (Lipinski definition) is 2. The Morgan fingerprint density at radius 2 is 2.00 bits per heavy atom. The number of pyridine rings is 1. The molecule has 90 valence electrons. The molecule has 0 unspecified atom stereocenters. The van der Waals surface area contributed by atoms with Crippen LogP contribution in [0, 0.1) is 0 Å². The van der Waals surface area contributed by atoms with Crippen molar-refractivity contribution in [2.75, 3.05) is 5.32 Å². The lowest BCUT2D eigenvalue weighted by Gasteiger charge is -2.17. The Morgan fingerprint density at radius 1 is 1.17 bits per heavy atom. The second-order valence-electron chi connectivity index (χ2n) is 3.64. The number of nitrogens with zero attached hydrogens (tertiary/aromatic N) is 2. The van der Waals surface area contributed by atoms with Gasteiger partial charge in [0.1, 0.15) is 0 Å². The van der Waals surface area contributed by atoms with Crippen LogP contribution in [0.2, 0.25) is 5.02 Å². The highest BCUT2D eigenvalue weighted by Gasteiger charge is 2.12. The molecule has 0 radical (unpaired) electrons. The lowest BCUT2D eigenvalue weighted by atomic mass is 10.3. The number of guanidine groups is 1. The van der Waals surface area contributed by atoms with Crippen LogP contribution in [0.1, 0.15) is 0 Å². The Labute approximate surface area is 114 Å². The number of nitrogens with one attached hydrogen (secondary N) is 2. The number of hydrogen-bond acceptors (Lipinski definition) is 5. The van der Waals surface area contributed by atoms with Gasteiger partial charge in [0, 0.05) is 23.1 Å². The lowest BCUT2D eigenvalue weighted by molar-refractivity contribution is 1.27. The van der Waals surface area contributed by atoms with Crippen LogP contribution in [0.15, 0.2) is 52.6 Å². The Hall–Kier alpha value is -1.72. The lowest BCUT2D eigenvalue weighted by Crippen LogP contribution is -2.26. The first kappa shape index (κ1) is 11.4. The number of benzene rings is 1. The molecule has 2 aromatic rings. The quantitative estimate of drug-likeness (QED) is 0.784. The van der Waals surface area contributed by atoms with E-state index >= 15 is 0 Å². The summed E-state index contributed by atoms with van der Waals surface area (Å²) in [5.74, 6) is 0.695. The second kappa shape index (κ2) is 4.88. The molecule has 0 fully saturated rings. The molecule has 1 aliphatic heterocycles. The van der Waals surface area contributed by atoms with Crippen LogP contribution in [0.25, 0.3) is 0 Å². The highest BCUT2D eigenvalue weighted by Crippen LogP contribution is 2.33. The zero-order chi connectivity index (χ0) is 12.4. The van der Waals surface area contributed by atoms with Crippen molar-refractivity contribution >= 4 is 40.9 Å². The van der Waals surface area contributed by atoms with Gasteiger partial charge in [0.25, 0.3) is 0 Å². The molecular weight excluding hydrogens is 268 g/mol. The van der Waals surface area contributed by atoms with E-state index in [9.17, 15) is 0 Å². The molecule has 0 amide bonds. The maximum absolute atomic E-state index is 5.93. The van der Waals surface area contributed by atoms with Crippen molar-refractivity contribution in [3.63, 3.8) is 0 Å². The van der Waals surface area contributed by atoms with Gasteiger partial charge in [-0.1, -0.05) is 11.6 Å². The molecule has 6 heteroatoms. The SMILES string of the molecule is Clc1ccc2c(c1)SNC(Nc1ccncc1)=N2. The van der Waals surface area contributed by atoms with E-state index in [2.05, 4.69) is 20.0 Å². The monoisotopic (exact) mass is 276 g/mol. The molecule has 1 aromatic heterocycles. The van der Waals surface area contributed by atoms with Gasteiger partial charge in [-0.05, 0) is 42.3 Å². The summed E-state index contributed by atoms with van der Waals surface area (Å²) in [4.78, 5) is 9.46. The number of rotatable bonds is 1. The summed E-state index contributed by atoms with van der Waals surface area (Å²) in [6, 6.07) is 9.39. The van der Waals surface area contributed by atoms with E-state index in [1.807, 2.05) is 30.3 Å². The fraction of sp³-hybridized carbons (Fsp3) is 0. The molecule has 4 nitrogen and oxygen atoms in total. The summed E-state index contributed by atoms with van der Waals surface area (Å²) in [6.45, 7) is 0. The van der Waals surface area contributed by atoms with Gasteiger partial charge in [-0.3, -0.25) is 9.71 Å². The predicted octanol–water partition coefficient (Wildman–Crippen LogP) is 3.44. The molecule has 2 heterocycles. The van der Waals surface area contributed by atoms with Gasteiger partial charge in [0.2, 0.25) is 5.96 Å². The van der Waals surface area contributed by atoms with E-state index in [-0.39, 0.29) is 0 Å². The van der Waals surface area contributed by atoms with E-state index < -0.39 is 0 Å². The summed E-state index contributed by atoms with van der Waals surface area (Å²) < 4.78 is 3.13. The van der Waals surface area contributed by atoms with E-state index in [1.54, 1.807) is 12.4 Å². The molecule has 0 saturated heterocycles. The van der Waals surface area contributed by atoms with Gasteiger partial charge in [0.05, 0.1) is 10.6 Å². The van der Waals surface area contributed by atoms with Crippen molar-refractivity contribution in [3.05, 3.63) is 47.7 Å². The van der Waals surface area contributed by atoms with Crippen LogP contribution in [0.3, 0.4) is 0 Å². The van der Waals surface area contributed by atoms with Crippen LogP contribution in [-0.2, 0) is 0 Å². The van der Waals surface area contributed by atoms with Gasteiger partial charge in [-0.25, -0.2) is 4.99 Å². The van der Waals surface area contributed by atoms with Crippen molar-refractivity contribution in [1.29, 1.82) is 0 Å². The van der Waals surface area contributed by atoms with Crippen LogP contribution >= 0.6 is 23.5 Å². The van der Waals surface area contributed by atoms with Crippen molar-refractivity contribution in [1.82, 2.24) is 9.71 Å². The molecule has 0 spiro atoms. The van der Waals surface area contributed by atoms with E-state index in [1.165, 1.54) is 11.9 Å². The summed E-state index contributed by atoms with van der Waals surface area (Å²) in [6.07, 6.45) is 3.46. The fourth-order valence-corrected chi connectivity index (χ4v) is 2.48. The number of fused-ring (bicyclic) bond motifs is 1. The molecular formula is C12H9ClN4S.